The number of benzene rings is 2. The maximum atomic E-state index is 13.8. The lowest BCUT2D eigenvalue weighted by Gasteiger charge is -2.44. The van der Waals surface area contributed by atoms with Crippen LogP contribution in [0.3, 0.4) is 0 Å². The molecule has 10 unspecified atom stereocenters. The van der Waals surface area contributed by atoms with E-state index in [4.69, 9.17) is 29.4 Å². The number of ether oxygens (including phenoxy) is 5. The van der Waals surface area contributed by atoms with Crippen LogP contribution < -0.4 is 10.5 Å². The maximum Gasteiger partial charge on any atom is 0.202 e. The summed E-state index contributed by atoms with van der Waals surface area (Å²) < 4.78 is 29.3. The Kier molecular flexibility index (Phi) is 8.68. The van der Waals surface area contributed by atoms with Crippen LogP contribution in [0.25, 0.3) is 0 Å². The minimum absolute atomic E-state index is 0.0389. The molecule has 2 aliphatic carbocycles. The van der Waals surface area contributed by atoms with E-state index < -0.39 is 107 Å². The molecule has 2 aromatic rings. The van der Waals surface area contributed by atoms with Crippen molar-refractivity contribution in [2.45, 2.75) is 107 Å². The van der Waals surface area contributed by atoms with Gasteiger partial charge in [-0.25, -0.2) is 0 Å². The fourth-order valence-corrected chi connectivity index (χ4v) is 7.08. The molecule has 4 aliphatic rings. The van der Waals surface area contributed by atoms with Crippen LogP contribution in [0.4, 0.5) is 0 Å². The summed E-state index contributed by atoms with van der Waals surface area (Å²) in [6, 6.07) is 3.79. The third kappa shape index (κ3) is 5.52. The number of hydrogen-bond acceptors (Lipinski definition) is 14. The van der Waals surface area contributed by atoms with Crippen LogP contribution in [-0.4, -0.2) is 105 Å². The van der Waals surface area contributed by atoms with Crippen molar-refractivity contribution in [1.29, 1.82) is 0 Å². The lowest BCUT2D eigenvalue weighted by atomic mass is 9.72. The Labute approximate surface area is 269 Å². The highest BCUT2D eigenvalue weighted by atomic mass is 16.7. The lowest BCUT2D eigenvalue weighted by Crippen LogP contribution is -2.55. The number of aliphatic hydroxyl groups is 3. The number of carbonyl (C=O) groups excluding carboxylic acids is 3. The second-order valence-electron chi connectivity index (χ2n) is 12.8. The number of Topliss-reactive ketones (excluding diaryl/α,β-unsaturated/α-hetero) is 1. The molecule has 7 N–H and O–H groups in total. The van der Waals surface area contributed by atoms with Crippen molar-refractivity contribution in [3.63, 3.8) is 0 Å². The molecule has 14 nitrogen and oxygen atoms in total. The SMILES string of the molecule is COc1cccc2c1C(=O)c1c(O)c3c(c(O)c1C2=O)CC(O)(C(C)=O)CC3OC1CC(OC2CC(N)C(O)C(C)O2)C(O)C(C)O1. The highest BCUT2D eigenvalue weighted by Gasteiger charge is 2.50. The van der Waals surface area contributed by atoms with Crippen molar-refractivity contribution < 1.29 is 63.6 Å². The van der Waals surface area contributed by atoms with Crippen LogP contribution >= 0.6 is 0 Å². The second-order valence-corrected chi connectivity index (χ2v) is 12.8. The number of rotatable bonds is 6. The first-order valence-electron chi connectivity index (χ1n) is 15.5. The Morgan fingerprint density at radius 1 is 0.936 bits per heavy atom. The predicted molar refractivity (Wildman–Crippen MR) is 160 cm³/mol. The molecule has 10 atom stereocenters. The summed E-state index contributed by atoms with van der Waals surface area (Å²) in [5, 5.41) is 55.7. The first-order valence-corrected chi connectivity index (χ1v) is 15.5. The standard InChI is InChI=1S/C33H39NO13/c1-12-27(36)17(34)8-21(44-12)46-19-9-22(45-13(2)28(19)37)47-20-11-33(42,14(3)35)10-16-24(20)32(41)26-25(30(16)39)29(38)15-6-5-7-18(43-4)23(15)31(26)40/h5-7,12-13,17,19-22,27-28,36-37,39,41-42H,8-11,34H2,1-4H3. The Balaban J connectivity index is 1.37. The number of fused-ring (bicyclic) bond motifs is 3. The van der Waals surface area contributed by atoms with E-state index in [-0.39, 0.29) is 47.3 Å². The summed E-state index contributed by atoms with van der Waals surface area (Å²) in [7, 11) is 1.33. The molecule has 47 heavy (non-hydrogen) atoms. The Morgan fingerprint density at radius 2 is 1.57 bits per heavy atom. The van der Waals surface area contributed by atoms with Crippen LogP contribution in [-0.2, 0) is 30.2 Å². The summed E-state index contributed by atoms with van der Waals surface area (Å²) in [5.41, 5.74) is 2.72. The van der Waals surface area contributed by atoms with E-state index >= 15 is 0 Å². The van der Waals surface area contributed by atoms with Crippen LogP contribution in [0.15, 0.2) is 18.2 Å². The normalized spacial score (nSPS) is 35.1. The molecule has 2 aromatic carbocycles. The number of aliphatic hydroxyl groups excluding tert-OH is 2. The third-order valence-corrected chi connectivity index (χ3v) is 9.78. The lowest BCUT2D eigenvalue weighted by molar-refractivity contribution is -0.306. The van der Waals surface area contributed by atoms with Crippen molar-refractivity contribution in [2.24, 2.45) is 5.73 Å². The number of aromatic hydroxyl groups is 2. The first kappa shape index (κ1) is 33.4. The van der Waals surface area contributed by atoms with Crippen molar-refractivity contribution in [2.75, 3.05) is 7.11 Å². The van der Waals surface area contributed by atoms with E-state index in [9.17, 15) is 39.9 Å². The van der Waals surface area contributed by atoms with Crippen LogP contribution in [0, 0.1) is 0 Å². The number of methoxy groups -OCH3 is 1. The molecule has 2 heterocycles. The van der Waals surface area contributed by atoms with E-state index in [0.717, 1.165) is 0 Å². The minimum Gasteiger partial charge on any atom is -0.507 e. The monoisotopic (exact) mass is 657 g/mol. The molecule has 2 saturated heterocycles. The largest absolute Gasteiger partial charge is 0.507 e. The van der Waals surface area contributed by atoms with Crippen LogP contribution in [0.5, 0.6) is 17.2 Å². The number of hydrogen-bond donors (Lipinski definition) is 6. The fraction of sp³-hybridized carbons (Fsp3) is 0.545. The zero-order valence-corrected chi connectivity index (χ0v) is 26.3. The smallest absolute Gasteiger partial charge is 0.202 e. The highest BCUT2D eigenvalue weighted by molar-refractivity contribution is 6.31. The van der Waals surface area contributed by atoms with E-state index in [1.54, 1.807) is 13.8 Å². The van der Waals surface area contributed by atoms with Gasteiger partial charge in [0.25, 0.3) is 0 Å². The predicted octanol–water partition coefficient (Wildman–Crippen LogP) is 0.910. The van der Waals surface area contributed by atoms with Crippen LogP contribution in [0.1, 0.15) is 89.1 Å². The van der Waals surface area contributed by atoms with Gasteiger partial charge < -0.3 is 55.0 Å². The number of carbonyl (C=O) groups is 3. The van der Waals surface area contributed by atoms with E-state index in [1.807, 2.05) is 0 Å². The van der Waals surface area contributed by atoms with Crippen molar-refractivity contribution in [3.8, 4) is 17.2 Å². The second kappa shape index (κ2) is 12.2. The van der Waals surface area contributed by atoms with Gasteiger partial charge in [0.15, 0.2) is 24.1 Å². The molecular weight excluding hydrogens is 618 g/mol. The Hall–Kier alpha value is -3.47. The Bertz CT molecular complexity index is 1610. The van der Waals surface area contributed by atoms with Crippen LogP contribution in [0.2, 0.25) is 0 Å². The zero-order chi connectivity index (χ0) is 34.1. The summed E-state index contributed by atoms with van der Waals surface area (Å²) in [5.74, 6) is -3.37. The summed E-state index contributed by atoms with van der Waals surface area (Å²) in [6.07, 6.45) is -8.41. The van der Waals surface area contributed by atoms with Gasteiger partial charge in [-0.2, -0.15) is 0 Å². The summed E-state index contributed by atoms with van der Waals surface area (Å²) in [6.45, 7) is 4.41. The van der Waals surface area contributed by atoms with Gasteiger partial charge in [0.05, 0.1) is 54.3 Å². The number of phenolic OH excluding ortho intramolecular Hbond substituents is 2. The van der Waals surface area contributed by atoms with Crippen molar-refractivity contribution >= 4 is 17.3 Å². The van der Waals surface area contributed by atoms with Gasteiger partial charge in [0.1, 0.15) is 29.0 Å². The number of ketones is 3. The van der Waals surface area contributed by atoms with Gasteiger partial charge in [0.2, 0.25) is 5.78 Å². The van der Waals surface area contributed by atoms with E-state index in [1.165, 1.54) is 32.2 Å². The molecule has 2 aliphatic heterocycles. The molecule has 14 heteroatoms. The van der Waals surface area contributed by atoms with E-state index in [0.29, 0.717) is 0 Å². The molecule has 0 aromatic heterocycles. The highest BCUT2D eigenvalue weighted by Crippen LogP contribution is 2.52. The summed E-state index contributed by atoms with van der Waals surface area (Å²) >= 11 is 0. The van der Waals surface area contributed by atoms with Gasteiger partial charge in [-0.05, 0) is 26.8 Å². The fourth-order valence-electron chi connectivity index (χ4n) is 7.08. The zero-order valence-electron chi connectivity index (χ0n) is 26.3. The van der Waals surface area contributed by atoms with Gasteiger partial charge >= 0.3 is 0 Å². The molecule has 2 fully saturated rings. The molecule has 0 radical (unpaired) electrons. The van der Waals surface area contributed by atoms with Crippen molar-refractivity contribution in [3.05, 3.63) is 51.6 Å². The van der Waals surface area contributed by atoms with E-state index in [2.05, 4.69) is 0 Å². The molecule has 6 rings (SSSR count). The van der Waals surface area contributed by atoms with Gasteiger partial charge in [-0.1, -0.05) is 12.1 Å². The molecule has 0 spiro atoms. The molecule has 0 saturated carbocycles. The topological polar surface area (TPSA) is 225 Å². The first-order chi connectivity index (χ1) is 22.2. The number of phenols is 2. The molecular formula is C33H39NO13. The molecule has 254 valence electrons. The average molecular weight is 658 g/mol. The van der Waals surface area contributed by atoms with Crippen molar-refractivity contribution in [1.82, 2.24) is 0 Å². The molecule has 0 amide bonds. The quantitative estimate of drug-likeness (QED) is 0.203. The maximum absolute atomic E-state index is 13.8. The molecule has 0 bridgehead atoms. The number of nitrogens with two attached hydrogens (primary N) is 1. The minimum atomic E-state index is -2.07. The average Bonchev–Trinajstić information content (AvgIpc) is 3.02. The van der Waals surface area contributed by atoms with Gasteiger partial charge in [-0.3, -0.25) is 14.4 Å². The van der Waals surface area contributed by atoms with Gasteiger partial charge in [-0.15, -0.1) is 0 Å². The van der Waals surface area contributed by atoms with Gasteiger partial charge in [0, 0.05) is 48.4 Å². The summed E-state index contributed by atoms with van der Waals surface area (Å²) in [4.78, 5) is 40.3. The third-order valence-electron chi connectivity index (χ3n) is 9.78. The Morgan fingerprint density at radius 3 is 2.21 bits per heavy atom.